The first-order valence-corrected chi connectivity index (χ1v) is 9.53. The smallest absolute Gasteiger partial charge is 0.231 e. The Morgan fingerprint density at radius 3 is 2.62 bits per heavy atom. The lowest BCUT2D eigenvalue weighted by molar-refractivity contribution is 0.373. The van der Waals surface area contributed by atoms with E-state index >= 15 is 0 Å². The molecule has 0 saturated heterocycles. The van der Waals surface area contributed by atoms with Gasteiger partial charge in [-0.1, -0.05) is 28.1 Å². The van der Waals surface area contributed by atoms with Crippen molar-refractivity contribution in [2.24, 2.45) is 4.99 Å². The van der Waals surface area contributed by atoms with Crippen molar-refractivity contribution in [3.8, 4) is 28.7 Å². The highest BCUT2D eigenvalue weighted by Crippen LogP contribution is 2.34. The van der Waals surface area contributed by atoms with Crippen LogP contribution in [0.15, 0.2) is 68.5 Å². The van der Waals surface area contributed by atoms with Crippen LogP contribution < -0.4 is 9.47 Å². The van der Waals surface area contributed by atoms with Crippen LogP contribution in [-0.4, -0.2) is 30.5 Å². The first kappa shape index (κ1) is 19.0. The van der Waals surface area contributed by atoms with Crippen molar-refractivity contribution < 1.29 is 19.0 Å². The van der Waals surface area contributed by atoms with Crippen molar-refractivity contribution in [1.29, 1.82) is 0 Å². The number of benzene rings is 3. The van der Waals surface area contributed by atoms with E-state index in [-0.39, 0.29) is 5.75 Å². The van der Waals surface area contributed by atoms with Gasteiger partial charge < -0.3 is 19.0 Å². The Morgan fingerprint density at radius 1 is 1.03 bits per heavy atom. The molecule has 7 heteroatoms. The predicted octanol–water partition coefficient (Wildman–Crippen LogP) is 5.73. The van der Waals surface area contributed by atoms with E-state index in [1.54, 1.807) is 25.5 Å². The zero-order valence-electron chi connectivity index (χ0n) is 15.7. The van der Waals surface area contributed by atoms with E-state index in [0.717, 1.165) is 10.0 Å². The third-order valence-electron chi connectivity index (χ3n) is 4.35. The molecule has 4 rings (SSSR count). The van der Waals surface area contributed by atoms with Crippen molar-refractivity contribution in [3.63, 3.8) is 0 Å². The highest BCUT2D eigenvalue weighted by molar-refractivity contribution is 9.10. The van der Waals surface area contributed by atoms with E-state index in [4.69, 9.17) is 13.9 Å². The lowest BCUT2D eigenvalue weighted by Gasteiger charge is -2.06. The number of rotatable bonds is 5. The SMILES string of the molecule is COc1ccccc1-c1nc2cc(N=Cc3cc(Br)cc(OC)c3O)ccc2o1. The Hall–Kier alpha value is -3.32. The van der Waals surface area contributed by atoms with Gasteiger partial charge in [0.2, 0.25) is 5.89 Å². The number of fused-ring (bicyclic) bond motifs is 1. The lowest BCUT2D eigenvalue weighted by atomic mass is 10.2. The van der Waals surface area contributed by atoms with Gasteiger partial charge in [-0.15, -0.1) is 0 Å². The summed E-state index contributed by atoms with van der Waals surface area (Å²) in [4.78, 5) is 9.02. The molecular weight excluding hydrogens is 436 g/mol. The highest BCUT2D eigenvalue weighted by Gasteiger charge is 2.13. The number of ether oxygens (including phenoxy) is 2. The van der Waals surface area contributed by atoms with Gasteiger partial charge in [-0.2, -0.15) is 0 Å². The number of oxazole rings is 1. The Bertz CT molecular complexity index is 1220. The van der Waals surface area contributed by atoms with Gasteiger partial charge in [0.25, 0.3) is 0 Å². The summed E-state index contributed by atoms with van der Waals surface area (Å²) in [7, 11) is 3.11. The molecule has 0 radical (unpaired) electrons. The van der Waals surface area contributed by atoms with Crippen molar-refractivity contribution in [3.05, 3.63) is 64.6 Å². The topological polar surface area (TPSA) is 77.1 Å². The quantitative estimate of drug-likeness (QED) is 0.391. The zero-order chi connectivity index (χ0) is 20.4. The van der Waals surface area contributed by atoms with Crippen LogP contribution in [0.5, 0.6) is 17.2 Å². The number of halogens is 1. The van der Waals surface area contributed by atoms with Crippen molar-refractivity contribution in [1.82, 2.24) is 4.98 Å². The second kappa shape index (κ2) is 7.97. The fourth-order valence-corrected chi connectivity index (χ4v) is 3.38. The average Bonchev–Trinajstić information content (AvgIpc) is 3.17. The maximum Gasteiger partial charge on any atom is 0.231 e. The Labute approximate surface area is 175 Å². The van der Waals surface area contributed by atoms with Gasteiger partial charge in [0, 0.05) is 16.3 Å². The highest BCUT2D eigenvalue weighted by atomic mass is 79.9. The summed E-state index contributed by atoms with van der Waals surface area (Å²) in [5.74, 6) is 1.57. The van der Waals surface area contributed by atoms with Gasteiger partial charge in [0.1, 0.15) is 11.3 Å². The maximum absolute atomic E-state index is 10.3. The van der Waals surface area contributed by atoms with E-state index in [2.05, 4.69) is 25.9 Å². The van der Waals surface area contributed by atoms with Gasteiger partial charge in [0.15, 0.2) is 17.1 Å². The largest absolute Gasteiger partial charge is 0.504 e. The number of aromatic nitrogens is 1. The van der Waals surface area contributed by atoms with Gasteiger partial charge in [-0.25, -0.2) is 4.98 Å². The van der Waals surface area contributed by atoms with Gasteiger partial charge in [-0.3, -0.25) is 4.99 Å². The molecule has 0 bridgehead atoms. The molecule has 0 atom stereocenters. The number of phenols is 1. The third-order valence-corrected chi connectivity index (χ3v) is 4.81. The molecule has 0 spiro atoms. The molecule has 0 amide bonds. The maximum atomic E-state index is 10.3. The number of hydrogen-bond donors (Lipinski definition) is 1. The summed E-state index contributed by atoms with van der Waals surface area (Å²) in [6.45, 7) is 0. The molecule has 0 saturated carbocycles. The Balaban J connectivity index is 1.68. The lowest BCUT2D eigenvalue weighted by Crippen LogP contribution is -1.89. The van der Waals surface area contributed by atoms with E-state index in [9.17, 15) is 5.11 Å². The van der Waals surface area contributed by atoms with Gasteiger partial charge >= 0.3 is 0 Å². The standard InChI is InChI=1S/C22H17BrN2O4/c1-27-18-6-4-3-5-16(18)22-25-17-11-15(7-8-19(17)29-22)24-12-13-9-14(23)10-20(28-2)21(13)26/h3-12,26H,1-2H3. The zero-order valence-corrected chi connectivity index (χ0v) is 17.3. The Kier molecular flexibility index (Phi) is 5.22. The van der Waals surface area contributed by atoms with Crippen molar-refractivity contribution >= 4 is 38.9 Å². The fourth-order valence-electron chi connectivity index (χ4n) is 2.93. The monoisotopic (exact) mass is 452 g/mol. The second-order valence-electron chi connectivity index (χ2n) is 6.18. The molecule has 146 valence electrons. The Morgan fingerprint density at radius 2 is 1.83 bits per heavy atom. The van der Waals surface area contributed by atoms with E-state index in [0.29, 0.717) is 39.7 Å². The molecule has 1 heterocycles. The number of hydrogen-bond acceptors (Lipinski definition) is 6. The molecule has 0 aliphatic heterocycles. The number of aromatic hydroxyl groups is 1. The minimum absolute atomic E-state index is 0.0282. The number of methoxy groups -OCH3 is 2. The van der Waals surface area contributed by atoms with E-state index < -0.39 is 0 Å². The summed E-state index contributed by atoms with van der Waals surface area (Å²) in [6, 6.07) is 16.5. The normalized spacial score (nSPS) is 11.3. The van der Waals surface area contributed by atoms with E-state index in [1.807, 2.05) is 42.5 Å². The molecule has 1 aromatic heterocycles. The minimum atomic E-state index is 0.0282. The molecule has 29 heavy (non-hydrogen) atoms. The van der Waals surface area contributed by atoms with Crippen LogP contribution in [0.4, 0.5) is 5.69 Å². The van der Waals surface area contributed by atoms with Crippen LogP contribution in [0.25, 0.3) is 22.6 Å². The first-order valence-electron chi connectivity index (χ1n) is 8.73. The molecule has 0 aliphatic carbocycles. The predicted molar refractivity (Wildman–Crippen MR) is 116 cm³/mol. The molecule has 4 aromatic rings. The van der Waals surface area contributed by atoms with Crippen LogP contribution in [0.3, 0.4) is 0 Å². The minimum Gasteiger partial charge on any atom is -0.504 e. The third kappa shape index (κ3) is 3.82. The summed E-state index contributed by atoms with van der Waals surface area (Å²) >= 11 is 3.40. The number of para-hydroxylation sites is 1. The molecule has 3 aromatic carbocycles. The molecule has 1 N–H and O–H groups in total. The average molecular weight is 453 g/mol. The van der Waals surface area contributed by atoms with Crippen molar-refractivity contribution in [2.45, 2.75) is 0 Å². The number of phenolic OH excluding ortho intramolecular Hbond substituents is 1. The van der Waals surface area contributed by atoms with E-state index in [1.165, 1.54) is 7.11 Å². The van der Waals surface area contributed by atoms with Gasteiger partial charge in [-0.05, 0) is 42.5 Å². The van der Waals surface area contributed by atoms with Crippen LogP contribution in [0, 0.1) is 0 Å². The second-order valence-corrected chi connectivity index (χ2v) is 7.09. The summed E-state index contributed by atoms with van der Waals surface area (Å²) in [6.07, 6.45) is 1.57. The fraction of sp³-hybridized carbons (Fsp3) is 0.0909. The summed E-state index contributed by atoms with van der Waals surface area (Å²) in [5, 5.41) is 10.3. The van der Waals surface area contributed by atoms with Crippen molar-refractivity contribution in [2.75, 3.05) is 14.2 Å². The number of aliphatic imine (C=N–C) groups is 1. The summed E-state index contributed by atoms with van der Waals surface area (Å²) in [5.41, 5.74) is 3.32. The molecule has 0 aliphatic rings. The molecule has 0 fully saturated rings. The van der Waals surface area contributed by atoms with Gasteiger partial charge in [0.05, 0.1) is 25.5 Å². The molecule has 0 unspecified atom stereocenters. The molecule has 6 nitrogen and oxygen atoms in total. The molecular formula is C22H17BrN2O4. The van der Waals surface area contributed by atoms with Crippen LogP contribution >= 0.6 is 15.9 Å². The van der Waals surface area contributed by atoms with Crippen LogP contribution in [0.2, 0.25) is 0 Å². The summed E-state index contributed by atoms with van der Waals surface area (Å²) < 4.78 is 17.2. The number of nitrogens with zero attached hydrogens (tertiary/aromatic N) is 2. The van der Waals surface area contributed by atoms with Crippen LogP contribution in [-0.2, 0) is 0 Å². The first-order chi connectivity index (χ1) is 14.1. The van der Waals surface area contributed by atoms with Crippen LogP contribution in [0.1, 0.15) is 5.56 Å².